The minimum atomic E-state index is -0.0501. The molecule has 0 bridgehead atoms. The van der Waals surface area contributed by atoms with Crippen molar-refractivity contribution in [3.05, 3.63) is 39.9 Å². The lowest BCUT2D eigenvalue weighted by molar-refractivity contribution is 0.0827. The van der Waals surface area contributed by atoms with Gasteiger partial charge in [0.25, 0.3) is 5.91 Å². The largest absolute Gasteiger partial charge is 0.493 e. The number of hydrogen-bond donors (Lipinski definition) is 0. The number of carbonyl (C=O) groups excluding carboxylic acids is 1. The number of aromatic nitrogens is 1. The van der Waals surface area contributed by atoms with Crippen LogP contribution in [0.3, 0.4) is 0 Å². The van der Waals surface area contributed by atoms with Crippen molar-refractivity contribution in [2.24, 2.45) is 5.92 Å². The third-order valence-corrected chi connectivity index (χ3v) is 7.06. The molecule has 0 saturated heterocycles. The van der Waals surface area contributed by atoms with Gasteiger partial charge >= 0.3 is 0 Å². The molecule has 1 aliphatic rings. The summed E-state index contributed by atoms with van der Waals surface area (Å²) < 4.78 is 11.3. The summed E-state index contributed by atoms with van der Waals surface area (Å²) in [5.41, 5.74) is 4.51. The highest BCUT2D eigenvalue weighted by atomic mass is 32.1. The number of para-hydroxylation sites is 1. The first-order valence-electron chi connectivity index (χ1n) is 10.2. The molecule has 3 aromatic rings. The van der Waals surface area contributed by atoms with E-state index in [9.17, 15) is 4.79 Å². The number of benzene rings is 1. The number of methoxy groups -OCH3 is 2. The van der Waals surface area contributed by atoms with Crippen molar-refractivity contribution in [3.63, 3.8) is 0 Å². The molecule has 1 aliphatic carbocycles. The van der Waals surface area contributed by atoms with E-state index in [1.54, 1.807) is 44.6 Å². The van der Waals surface area contributed by atoms with Gasteiger partial charge in [-0.15, -0.1) is 11.3 Å². The van der Waals surface area contributed by atoms with Gasteiger partial charge < -0.3 is 14.4 Å². The van der Waals surface area contributed by atoms with Gasteiger partial charge in [0, 0.05) is 35.5 Å². The van der Waals surface area contributed by atoms with Crippen LogP contribution >= 0.6 is 11.3 Å². The second-order valence-electron chi connectivity index (χ2n) is 8.22. The number of aryl methyl sites for hydroxylation is 2. The Hall–Kier alpha value is -2.60. The SMILES string of the molecule is COc1cccc(-c2c(C(=O)N(C)C)c(C)nc3sc4c(c23)CCC(C)C4)c1OC. The number of amides is 1. The molecule has 4 rings (SSSR count). The van der Waals surface area contributed by atoms with E-state index in [-0.39, 0.29) is 5.91 Å². The van der Waals surface area contributed by atoms with Gasteiger partial charge in [0.1, 0.15) is 4.83 Å². The Morgan fingerprint density at radius 1 is 1.23 bits per heavy atom. The monoisotopic (exact) mass is 424 g/mol. The van der Waals surface area contributed by atoms with E-state index in [4.69, 9.17) is 14.5 Å². The predicted octanol–water partition coefficient (Wildman–Crippen LogP) is 5.12. The second kappa shape index (κ2) is 7.91. The van der Waals surface area contributed by atoms with Gasteiger partial charge in [-0.05, 0) is 43.7 Å². The highest BCUT2D eigenvalue weighted by Crippen LogP contribution is 2.48. The first-order valence-corrected chi connectivity index (χ1v) is 11.1. The molecule has 1 aromatic carbocycles. The predicted molar refractivity (Wildman–Crippen MR) is 122 cm³/mol. The molecule has 5 nitrogen and oxygen atoms in total. The maximum Gasteiger partial charge on any atom is 0.255 e. The van der Waals surface area contributed by atoms with E-state index in [1.165, 1.54) is 10.4 Å². The van der Waals surface area contributed by atoms with Crippen LogP contribution in [0.2, 0.25) is 0 Å². The van der Waals surface area contributed by atoms with E-state index < -0.39 is 0 Å². The number of nitrogens with zero attached hydrogens (tertiary/aromatic N) is 2. The number of pyridine rings is 1. The second-order valence-corrected chi connectivity index (χ2v) is 9.30. The fraction of sp³-hybridized carbons (Fsp3) is 0.417. The van der Waals surface area contributed by atoms with Gasteiger partial charge in [-0.25, -0.2) is 4.98 Å². The third-order valence-electron chi connectivity index (χ3n) is 5.92. The molecule has 0 saturated carbocycles. The molecular formula is C24H28N2O3S. The van der Waals surface area contributed by atoms with Gasteiger partial charge in [0.15, 0.2) is 11.5 Å². The van der Waals surface area contributed by atoms with Gasteiger partial charge in [-0.2, -0.15) is 0 Å². The van der Waals surface area contributed by atoms with Gasteiger partial charge in [-0.3, -0.25) is 4.79 Å². The molecule has 0 fully saturated rings. The fourth-order valence-electron chi connectivity index (χ4n) is 4.43. The topological polar surface area (TPSA) is 51.7 Å². The molecule has 158 valence electrons. The van der Waals surface area contributed by atoms with Crippen molar-refractivity contribution in [1.82, 2.24) is 9.88 Å². The summed E-state index contributed by atoms with van der Waals surface area (Å²) in [7, 11) is 6.84. The summed E-state index contributed by atoms with van der Waals surface area (Å²) in [6.45, 7) is 4.23. The lowest BCUT2D eigenvalue weighted by Crippen LogP contribution is -2.24. The minimum Gasteiger partial charge on any atom is -0.493 e. The van der Waals surface area contributed by atoms with Gasteiger partial charge in [0.05, 0.1) is 25.5 Å². The van der Waals surface area contributed by atoms with Crippen LogP contribution in [0.4, 0.5) is 0 Å². The first-order chi connectivity index (χ1) is 14.4. The Morgan fingerprint density at radius 2 is 2.00 bits per heavy atom. The van der Waals surface area contributed by atoms with E-state index in [0.29, 0.717) is 23.0 Å². The number of rotatable bonds is 4. The molecule has 1 amide bonds. The third kappa shape index (κ3) is 3.23. The van der Waals surface area contributed by atoms with Crippen molar-refractivity contribution in [2.75, 3.05) is 28.3 Å². The Morgan fingerprint density at radius 3 is 2.67 bits per heavy atom. The molecule has 0 N–H and O–H groups in total. The van der Waals surface area contributed by atoms with Crippen molar-refractivity contribution in [3.8, 4) is 22.6 Å². The zero-order chi connectivity index (χ0) is 21.6. The zero-order valence-electron chi connectivity index (χ0n) is 18.5. The van der Waals surface area contributed by atoms with Crippen molar-refractivity contribution >= 4 is 27.5 Å². The quantitative estimate of drug-likeness (QED) is 0.584. The van der Waals surface area contributed by atoms with Crippen LogP contribution in [0.5, 0.6) is 11.5 Å². The maximum absolute atomic E-state index is 13.3. The molecular weight excluding hydrogens is 396 g/mol. The minimum absolute atomic E-state index is 0.0501. The average molecular weight is 425 g/mol. The summed E-state index contributed by atoms with van der Waals surface area (Å²) in [5.74, 6) is 1.91. The normalized spacial score (nSPS) is 15.7. The van der Waals surface area contributed by atoms with E-state index in [0.717, 1.165) is 46.3 Å². The van der Waals surface area contributed by atoms with Crippen LogP contribution in [0.25, 0.3) is 21.3 Å². The Bertz CT molecular complexity index is 1130. The Labute approximate surface area is 181 Å². The molecule has 6 heteroatoms. The molecule has 0 aliphatic heterocycles. The van der Waals surface area contributed by atoms with Crippen LogP contribution < -0.4 is 9.47 Å². The van der Waals surface area contributed by atoms with Crippen LogP contribution in [-0.2, 0) is 12.8 Å². The maximum atomic E-state index is 13.3. The Kier molecular flexibility index (Phi) is 5.45. The standard InChI is InChI=1S/C24H28N2O3S/c1-13-10-11-15-18(12-13)30-23-21(15)20(19(14(2)25-23)24(27)26(3)4)16-8-7-9-17(28-5)22(16)29-6/h7-9,13H,10-12H2,1-6H3. The molecule has 2 heterocycles. The van der Waals surface area contributed by atoms with E-state index in [1.807, 2.05) is 25.1 Å². The smallest absolute Gasteiger partial charge is 0.255 e. The van der Waals surface area contributed by atoms with Crippen LogP contribution in [0.1, 0.15) is 39.8 Å². The molecule has 30 heavy (non-hydrogen) atoms. The molecule has 1 unspecified atom stereocenters. The number of carbonyl (C=O) groups is 1. The summed E-state index contributed by atoms with van der Waals surface area (Å²) in [5, 5.41) is 1.10. The van der Waals surface area contributed by atoms with Crippen molar-refractivity contribution < 1.29 is 14.3 Å². The summed E-state index contributed by atoms with van der Waals surface area (Å²) in [6, 6.07) is 5.84. The molecule has 0 radical (unpaired) electrons. The lowest BCUT2D eigenvalue weighted by atomic mass is 9.85. The number of hydrogen-bond acceptors (Lipinski definition) is 5. The summed E-state index contributed by atoms with van der Waals surface area (Å²) in [4.78, 5) is 22.2. The van der Waals surface area contributed by atoms with Crippen LogP contribution in [0.15, 0.2) is 18.2 Å². The lowest BCUT2D eigenvalue weighted by Gasteiger charge is -2.22. The highest BCUT2D eigenvalue weighted by Gasteiger charge is 2.30. The molecule has 0 spiro atoms. The fourth-order valence-corrected chi connectivity index (χ4v) is 5.86. The molecule has 1 atom stereocenters. The van der Waals surface area contributed by atoms with E-state index in [2.05, 4.69) is 6.92 Å². The average Bonchev–Trinajstić information content (AvgIpc) is 3.07. The number of ether oxygens (including phenoxy) is 2. The molecule has 2 aromatic heterocycles. The first kappa shape index (κ1) is 20.7. The Balaban J connectivity index is 2.15. The number of fused-ring (bicyclic) bond motifs is 3. The number of thiophene rings is 1. The van der Waals surface area contributed by atoms with Gasteiger partial charge in [-0.1, -0.05) is 19.1 Å². The van der Waals surface area contributed by atoms with E-state index >= 15 is 0 Å². The zero-order valence-corrected chi connectivity index (χ0v) is 19.3. The summed E-state index contributed by atoms with van der Waals surface area (Å²) in [6.07, 6.45) is 3.23. The van der Waals surface area contributed by atoms with Crippen LogP contribution in [0, 0.1) is 12.8 Å². The van der Waals surface area contributed by atoms with Crippen molar-refractivity contribution in [1.29, 1.82) is 0 Å². The van der Waals surface area contributed by atoms with Crippen molar-refractivity contribution in [2.45, 2.75) is 33.1 Å². The highest BCUT2D eigenvalue weighted by molar-refractivity contribution is 7.19. The summed E-state index contributed by atoms with van der Waals surface area (Å²) >= 11 is 1.77. The van der Waals surface area contributed by atoms with Gasteiger partial charge in [0.2, 0.25) is 0 Å². The van der Waals surface area contributed by atoms with Crippen LogP contribution in [-0.4, -0.2) is 44.1 Å².